The van der Waals surface area contributed by atoms with Gasteiger partial charge in [-0.05, 0) is 36.1 Å². The average Bonchev–Trinajstić information content (AvgIpc) is 2.48. The van der Waals surface area contributed by atoms with E-state index in [4.69, 9.17) is 17.3 Å². The molecule has 0 aliphatic rings. The maximum Gasteiger partial charge on any atom is 0.0568 e. The van der Waals surface area contributed by atoms with Gasteiger partial charge in [0.05, 0.1) is 5.88 Å². The summed E-state index contributed by atoms with van der Waals surface area (Å²) in [6, 6.07) is 6.23. The number of benzene rings is 1. The first-order chi connectivity index (χ1) is 6.20. The van der Waals surface area contributed by atoms with Crippen LogP contribution in [0.15, 0.2) is 18.2 Å². The Labute approximate surface area is 86.1 Å². The van der Waals surface area contributed by atoms with E-state index in [0.29, 0.717) is 5.88 Å². The van der Waals surface area contributed by atoms with Gasteiger partial charge in [-0.15, -0.1) is 22.9 Å². The van der Waals surface area contributed by atoms with Gasteiger partial charge >= 0.3 is 0 Å². The van der Waals surface area contributed by atoms with Gasteiger partial charge in [-0.25, -0.2) is 0 Å². The van der Waals surface area contributed by atoms with Gasteiger partial charge in [0, 0.05) is 15.3 Å². The van der Waals surface area contributed by atoms with Gasteiger partial charge in [0.15, 0.2) is 0 Å². The van der Waals surface area contributed by atoms with Gasteiger partial charge in [0.25, 0.3) is 0 Å². The van der Waals surface area contributed by atoms with E-state index >= 15 is 0 Å². The van der Waals surface area contributed by atoms with E-state index in [1.165, 1.54) is 15.0 Å². The molecule has 0 spiro atoms. The smallest absolute Gasteiger partial charge is 0.0568 e. The number of fused-ring (bicyclic) bond motifs is 1. The van der Waals surface area contributed by atoms with Crippen LogP contribution in [0, 0.1) is 6.92 Å². The molecule has 0 radical (unpaired) electrons. The number of alkyl halides is 1. The molecule has 0 saturated carbocycles. The fourth-order valence-corrected chi connectivity index (χ4v) is 2.56. The van der Waals surface area contributed by atoms with Crippen LogP contribution in [0.5, 0.6) is 0 Å². The molecule has 13 heavy (non-hydrogen) atoms. The van der Waals surface area contributed by atoms with Crippen LogP contribution in [0.3, 0.4) is 0 Å². The van der Waals surface area contributed by atoms with Gasteiger partial charge in [-0.1, -0.05) is 0 Å². The van der Waals surface area contributed by atoms with E-state index in [9.17, 15) is 0 Å². The Morgan fingerprint density at radius 2 is 2.15 bits per heavy atom. The van der Waals surface area contributed by atoms with Gasteiger partial charge in [0.2, 0.25) is 0 Å². The largest absolute Gasteiger partial charge is 0.398 e. The van der Waals surface area contributed by atoms with Crippen LogP contribution < -0.4 is 5.73 Å². The second kappa shape index (κ2) is 3.20. The monoisotopic (exact) mass is 211 g/mol. The molecule has 2 aromatic rings. The molecule has 1 nitrogen and oxygen atoms in total. The highest BCUT2D eigenvalue weighted by atomic mass is 35.5. The zero-order chi connectivity index (χ0) is 9.42. The molecule has 0 aliphatic carbocycles. The van der Waals surface area contributed by atoms with E-state index in [-0.39, 0.29) is 0 Å². The van der Waals surface area contributed by atoms with Crippen molar-refractivity contribution in [3.8, 4) is 0 Å². The molecule has 0 fully saturated rings. The minimum Gasteiger partial charge on any atom is -0.398 e. The number of hydrogen-bond acceptors (Lipinski definition) is 2. The number of hydrogen-bond donors (Lipinski definition) is 1. The van der Waals surface area contributed by atoms with Crippen LogP contribution >= 0.6 is 22.9 Å². The van der Waals surface area contributed by atoms with E-state index in [1.807, 2.05) is 13.0 Å². The minimum absolute atomic E-state index is 0.582. The van der Waals surface area contributed by atoms with Crippen LogP contribution in [0.2, 0.25) is 0 Å². The highest BCUT2D eigenvalue weighted by Gasteiger charge is 2.02. The number of anilines is 1. The predicted octanol–water partition coefficient (Wildman–Crippen LogP) is 3.53. The Morgan fingerprint density at radius 3 is 2.85 bits per heavy atom. The lowest BCUT2D eigenvalue weighted by Gasteiger charge is -1.98. The summed E-state index contributed by atoms with van der Waals surface area (Å²) in [6.07, 6.45) is 0. The van der Waals surface area contributed by atoms with E-state index in [2.05, 4.69) is 12.1 Å². The Balaban J connectivity index is 2.70. The van der Waals surface area contributed by atoms with Crippen LogP contribution in [-0.4, -0.2) is 0 Å². The van der Waals surface area contributed by atoms with Crippen LogP contribution in [0.4, 0.5) is 5.69 Å². The number of nitrogen functional groups attached to an aromatic ring is 1. The zero-order valence-corrected chi connectivity index (χ0v) is 8.88. The topological polar surface area (TPSA) is 26.0 Å². The second-order valence-corrected chi connectivity index (χ2v) is 4.53. The van der Waals surface area contributed by atoms with Crippen molar-refractivity contribution in [2.45, 2.75) is 12.8 Å². The normalized spacial score (nSPS) is 10.9. The lowest BCUT2D eigenvalue weighted by Crippen LogP contribution is -1.87. The van der Waals surface area contributed by atoms with Gasteiger partial charge in [-0.3, -0.25) is 0 Å². The molecule has 2 rings (SSSR count). The molecule has 2 N–H and O–H groups in total. The molecule has 1 heterocycles. The van der Waals surface area contributed by atoms with Crippen molar-refractivity contribution >= 4 is 38.7 Å². The maximum absolute atomic E-state index is 5.81. The van der Waals surface area contributed by atoms with Crippen molar-refractivity contribution in [2.24, 2.45) is 0 Å². The Bertz CT molecular complexity index is 408. The molecule has 0 atom stereocenters. The zero-order valence-electron chi connectivity index (χ0n) is 7.30. The fourth-order valence-electron chi connectivity index (χ4n) is 1.33. The maximum atomic E-state index is 5.81. The summed E-state index contributed by atoms with van der Waals surface area (Å²) >= 11 is 7.49. The molecule has 3 heteroatoms. The summed E-state index contributed by atoms with van der Waals surface area (Å²) in [5, 5.41) is 1.20. The van der Waals surface area contributed by atoms with Crippen molar-refractivity contribution in [3.05, 3.63) is 28.6 Å². The molecule has 0 amide bonds. The molecule has 0 unspecified atom stereocenters. The summed E-state index contributed by atoms with van der Waals surface area (Å²) < 4.78 is 1.27. The summed E-state index contributed by atoms with van der Waals surface area (Å²) in [5.74, 6) is 0.582. The molecular formula is C10H10ClNS. The molecule has 0 aliphatic heterocycles. The SMILES string of the molecule is Cc1cc2sc(CCl)cc2cc1N. The summed E-state index contributed by atoms with van der Waals surface area (Å²) in [5.41, 5.74) is 7.80. The number of rotatable bonds is 1. The summed E-state index contributed by atoms with van der Waals surface area (Å²) in [6.45, 7) is 2.02. The number of aryl methyl sites for hydroxylation is 1. The number of nitrogens with two attached hydrogens (primary N) is 1. The Kier molecular flexibility index (Phi) is 2.18. The molecule has 1 aromatic carbocycles. The lowest BCUT2D eigenvalue weighted by molar-refractivity contribution is 1.51. The summed E-state index contributed by atoms with van der Waals surface area (Å²) in [4.78, 5) is 1.20. The van der Waals surface area contributed by atoms with E-state index in [0.717, 1.165) is 11.3 Å². The molecule has 68 valence electrons. The standard InChI is InChI=1S/C10H10ClNS/c1-6-2-10-7(4-9(6)12)3-8(5-11)13-10/h2-4H,5,12H2,1H3. The van der Waals surface area contributed by atoms with Crippen molar-refractivity contribution in [3.63, 3.8) is 0 Å². The fraction of sp³-hybridized carbons (Fsp3) is 0.200. The first-order valence-corrected chi connectivity index (χ1v) is 5.40. The first kappa shape index (κ1) is 8.85. The Hall–Kier alpha value is -0.730. The summed E-state index contributed by atoms with van der Waals surface area (Å²) in [7, 11) is 0. The van der Waals surface area contributed by atoms with Crippen molar-refractivity contribution in [1.82, 2.24) is 0 Å². The van der Waals surface area contributed by atoms with Crippen molar-refractivity contribution in [2.75, 3.05) is 5.73 Å². The van der Waals surface area contributed by atoms with E-state index in [1.54, 1.807) is 11.3 Å². The van der Waals surface area contributed by atoms with Crippen LogP contribution in [-0.2, 0) is 5.88 Å². The first-order valence-electron chi connectivity index (χ1n) is 4.05. The molecule has 0 saturated heterocycles. The lowest BCUT2D eigenvalue weighted by atomic mass is 10.1. The van der Waals surface area contributed by atoms with Gasteiger partial charge in [-0.2, -0.15) is 0 Å². The Morgan fingerprint density at radius 1 is 1.38 bits per heavy atom. The third-order valence-electron chi connectivity index (χ3n) is 2.09. The minimum atomic E-state index is 0.582. The van der Waals surface area contributed by atoms with Crippen LogP contribution in [0.1, 0.15) is 10.4 Å². The van der Waals surface area contributed by atoms with Crippen molar-refractivity contribution in [1.29, 1.82) is 0 Å². The highest BCUT2D eigenvalue weighted by molar-refractivity contribution is 7.19. The number of halogens is 1. The van der Waals surface area contributed by atoms with Gasteiger partial charge < -0.3 is 5.73 Å². The highest BCUT2D eigenvalue weighted by Crippen LogP contribution is 2.30. The molecule has 0 bridgehead atoms. The van der Waals surface area contributed by atoms with E-state index < -0.39 is 0 Å². The predicted molar refractivity (Wildman–Crippen MR) is 60.5 cm³/mol. The quantitative estimate of drug-likeness (QED) is 0.567. The third kappa shape index (κ3) is 1.52. The van der Waals surface area contributed by atoms with Crippen LogP contribution in [0.25, 0.3) is 10.1 Å². The van der Waals surface area contributed by atoms with Crippen molar-refractivity contribution < 1.29 is 0 Å². The molecular weight excluding hydrogens is 202 g/mol. The second-order valence-electron chi connectivity index (χ2n) is 3.09. The molecule has 1 aromatic heterocycles. The third-order valence-corrected chi connectivity index (χ3v) is 3.63. The van der Waals surface area contributed by atoms with Gasteiger partial charge in [0.1, 0.15) is 0 Å². The average molecular weight is 212 g/mol. The number of thiophene rings is 1.